The molecule has 0 radical (unpaired) electrons. The van der Waals surface area contributed by atoms with Crippen LogP contribution < -0.4 is 0 Å². The Balaban J connectivity index is 1.71. The van der Waals surface area contributed by atoms with Crippen LogP contribution in [0.3, 0.4) is 0 Å². The molecule has 3 nitrogen and oxygen atoms in total. The van der Waals surface area contributed by atoms with Crippen molar-refractivity contribution in [1.82, 2.24) is 0 Å². The molecule has 0 unspecified atom stereocenters. The molecule has 0 aliphatic carbocycles. The first-order valence-electron chi connectivity index (χ1n) is 7.87. The number of aliphatic hydroxyl groups is 1. The summed E-state index contributed by atoms with van der Waals surface area (Å²) in [4.78, 5) is 0. The summed E-state index contributed by atoms with van der Waals surface area (Å²) in [5.41, 5.74) is 2.42. The van der Waals surface area contributed by atoms with E-state index in [4.69, 9.17) is 14.6 Å². The van der Waals surface area contributed by atoms with Crippen LogP contribution in [0, 0.1) is 0 Å². The molecule has 2 aliphatic rings. The molecule has 1 N–H and O–H groups in total. The number of ether oxygens (including phenoxy) is 2. The molecule has 114 valence electrons. The SMILES string of the molecule is C=C1C[C@H](CCCO)O[C@H]1CC[C@H]1CCC(=C)[C@@H](C)O1. The van der Waals surface area contributed by atoms with Crippen LogP contribution in [0.4, 0.5) is 0 Å². The van der Waals surface area contributed by atoms with Gasteiger partial charge in [-0.2, -0.15) is 0 Å². The Morgan fingerprint density at radius 1 is 1.10 bits per heavy atom. The van der Waals surface area contributed by atoms with Crippen molar-refractivity contribution in [1.29, 1.82) is 0 Å². The van der Waals surface area contributed by atoms with E-state index >= 15 is 0 Å². The van der Waals surface area contributed by atoms with Crippen molar-refractivity contribution in [3.05, 3.63) is 24.3 Å². The highest BCUT2D eigenvalue weighted by atomic mass is 16.5. The maximum Gasteiger partial charge on any atom is 0.0788 e. The Morgan fingerprint density at radius 2 is 1.90 bits per heavy atom. The Bertz CT molecular complexity index is 350. The van der Waals surface area contributed by atoms with Crippen molar-refractivity contribution in [2.24, 2.45) is 0 Å². The number of rotatable bonds is 6. The molecule has 3 heteroatoms. The van der Waals surface area contributed by atoms with E-state index in [2.05, 4.69) is 20.1 Å². The molecule has 0 aromatic carbocycles. The largest absolute Gasteiger partial charge is 0.396 e. The smallest absolute Gasteiger partial charge is 0.0788 e. The van der Waals surface area contributed by atoms with E-state index in [9.17, 15) is 0 Å². The third-order valence-electron chi connectivity index (χ3n) is 4.50. The highest BCUT2D eigenvalue weighted by Gasteiger charge is 2.30. The molecule has 0 aromatic rings. The fourth-order valence-electron chi connectivity index (χ4n) is 3.11. The summed E-state index contributed by atoms with van der Waals surface area (Å²) in [6.45, 7) is 10.5. The van der Waals surface area contributed by atoms with Gasteiger partial charge in [-0.15, -0.1) is 0 Å². The van der Waals surface area contributed by atoms with Gasteiger partial charge in [-0.3, -0.25) is 0 Å². The van der Waals surface area contributed by atoms with Crippen LogP contribution in [-0.4, -0.2) is 36.1 Å². The van der Waals surface area contributed by atoms with Crippen molar-refractivity contribution in [3.63, 3.8) is 0 Å². The Labute approximate surface area is 122 Å². The number of hydrogen-bond acceptors (Lipinski definition) is 3. The van der Waals surface area contributed by atoms with Crippen LogP contribution in [0.25, 0.3) is 0 Å². The molecule has 0 bridgehead atoms. The lowest BCUT2D eigenvalue weighted by Gasteiger charge is -2.30. The molecule has 20 heavy (non-hydrogen) atoms. The number of aliphatic hydroxyl groups excluding tert-OH is 1. The minimum atomic E-state index is 0.183. The number of hydrogen-bond donors (Lipinski definition) is 1. The van der Waals surface area contributed by atoms with Crippen LogP contribution in [0.5, 0.6) is 0 Å². The average molecular weight is 280 g/mol. The summed E-state index contributed by atoms with van der Waals surface area (Å²) in [7, 11) is 0. The van der Waals surface area contributed by atoms with Gasteiger partial charge in [0.15, 0.2) is 0 Å². The predicted molar refractivity (Wildman–Crippen MR) is 80.7 cm³/mol. The van der Waals surface area contributed by atoms with E-state index in [1.807, 2.05) is 0 Å². The molecule has 0 spiro atoms. The van der Waals surface area contributed by atoms with Gasteiger partial charge in [-0.25, -0.2) is 0 Å². The average Bonchev–Trinajstić information content (AvgIpc) is 2.78. The maximum absolute atomic E-state index is 8.88. The molecular weight excluding hydrogens is 252 g/mol. The third kappa shape index (κ3) is 4.18. The highest BCUT2D eigenvalue weighted by Crippen LogP contribution is 2.32. The monoisotopic (exact) mass is 280 g/mol. The van der Waals surface area contributed by atoms with Crippen molar-refractivity contribution in [3.8, 4) is 0 Å². The van der Waals surface area contributed by atoms with Gasteiger partial charge >= 0.3 is 0 Å². The quantitative estimate of drug-likeness (QED) is 0.758. The first-order chi connectivity index (χ1) is 9.60. The van der Waals surface area contributed by atoms with Crippen molar-refractivity contribution in [2.75, 3.05) is 6.61 Å². The normalized spacial score (nSPS) is 34.7. The van der Waals surface area contributed by atoms with E-state index in [0.29, 0.717) is 6.10 Å². The van der Waals surface area contributed by atoms with E-state index in [0.717, 1.165) is 44.9 Å². The van der Waals surface area contributed by atoms with Crippen LogP contribution in [0.15, 0.2) is 24.3 Å². The molecular formula is C17H28O3. The Kier molecular flexibility index (Phi) is 5.82. The lowest BCUT2D eigenvalue weighted by Crippen LogP contribution is -2.28. The van der Waals surface area contributed by atoms with E-state index in [1.54, 1.807) is 0 Å². The summed E-state index contributed by atoms with van der Waals surface area (Å²) < 4.78 is 12.0. The standard InChI is InChI=1S/C17H28O3/c1-12-6-7-15(19-14(12)3)8-9-17-13(2)11-16(20-17)5-4-10-18/h14-18H,1-2,4-11H2,3H3/t14-,15-,16+,17+/m1/s1. The highest BCUT2D eigenvalue weighted by molar-refractivity contribution is 5.09. The van der Waals surface area contributed by atoms with Gasteiger partial charge in [0.1, 0.15) is 0 Å². The van der Waals surface area contributed by atoms with Crippen LogP contribution in [-0.2, 0) is 9.47 Å². The topological polar surface area (TPSA) is 38.7 Å². The molecule has 2 rings (SSSR count). The van der Waals surface area contributed by atoms with Crippen molar-refractivity contribution in [2.45, 2.75) is 76.3 Å². The first kappa shape index (κ1) is 15.7. The lowest BCUT2D eigenvalue weighted by molar-refractivity contribution is -0.0258. The Morgan fingerprint density at radius 3 is 2.60 bits per heavy atom. The zero-order valence-corrected chi connectivity index (χ0v) is 12.6. The lowest BCUT2D eigenvalue weighted by atomic mass is 9.95. The molecule has 2 saturated heterocycles. The predicted octanol–water partition coefficient (Wildman–Crippen LogP) is 3.38. The van der Waals surface area contributed by atoms with Crippen LogP contribution in [0.1, 0.15) is 51.9 Å². The summed E-state index contributed by atoms with van der Waals surface area (Å²) in [5, 5.41) is 8.88. The molecule has 0 aromatic heterocycles. The summed E-state index contributed by atoms with van der Waals surface area (Å²) in [5.74, 6) is 0. The third-order valence-corrected chi connectivity index (χ3v) is 4.50. The molecule has 2 fully saturated rings. The second-order valence-corrected chi connectivity index (χ2v) is 6.15. The summed E-state index contributed by atoms with van der Waals surface area (Å²) in [6.07, 6.45) is 7.86. The molecule has 2 aliphatic heterocycles. The Hall–Kier alpha value is -0.640. The van der Waals surface area contributed by atoms with Crippen LogP contribution in [0.2, 0.25) is 0 Å². The second-order valence-electron chi connectivity index (χ2n) is 6.15. The van der Waals surface area contributed by atoms with Gasteiger partial charge in [0.2, 0.25) is 0 Å². The zero-order chi connectivity index (χ0) is 14.5. The summed E-state index contributed by atoms with van der Waals surface area (Å²) in [6, 6.07) is 0. The summed E-state index contributed by atoms with van der Waals surface area (Å²) >= 11 is 0. The first-order valence-corrected chi connectivity index (χ1v) is 7.87. The molecule has 0 saturated carbocycles. The van der Waals surface area contributed by atoms with Gasteiger partial charge in [-0.05, 0) is 63.0 Å². The van der Waals surface area contributed by atoms with Gasteiger partial charge in [0.05, 0.1) is 24.4 Å². The fraction of sp³-hybridized carbons (Fsp3) is 0.765. The van der Waals surface area contributed by atoms with Gasteiger partial charge in [-0.1, -0.05) is 13.2 Å². The van der Waals surface area contributed by atoms with Crippen molar-refractivity contribution < 1.29 is 14.6 Å². The van der Waals surface area contributed by atoms with E-state index < -0.39 is 0 Å². The second kappa shape index (κ2) is 7.39. The maximum atomic E-state index is 8.88. The van der Waals surface area contributed by atoms with Crippen molar-refractivity contribution >= 4 is 0 Å². The van der Waals surface area contributed by atoms with Crippen LogP contribution >= 0.6 is 0 Å². The molecule has 2 heterocycles. The van der Waals surface area contributed by atoms with Gasteiger partial charge in [0.25, 0.3) is 0 Å². The molecule has 4 atom stereocenters. The minimum absolute atomic E-state index is 0.183. The molecule has 0 amide bonds. The van der Waals surface area contributed by atoms with Gasteiger partial charge in [0, 0.05) is 6.61 Å². The zero-order valence-electron chi connectivity index (χ0n) is 12.6. The minimum Gasteiger partial charge on any atom is -0.396 e. The van der Waals surface area contributed by atoms with E-state index in [1.165, 1.54) is 11.1 Å². The fourth-order valence-corrected chi connectivity index (χ4v) is 3.11. The van der Waals surface area contributed by atoms with Gasteiger partial charge < -0.3 is 14.6 Å². The van der Waals surface area contributed by atoms with E-state index in [-0.39, 0.29) is 24.9 Å².